The number of benzene rings is 4. The molecule has 1 unspecified atom stereocenters. The number of nitrogens with zero attached hydrogens (tertiary/aromatic N) is 6. The number of halogens is 1. The fraction of sp³-hybridized carbons (Fsp3) is 0.404. The molecule has 0 saturated carbocycles. The van der Waals surface area contributed by atoms with Gasteiger partial charge in [0.2, 0.25) is 0 Å². The largest absolute Gasteiger partial charge is 0.376 e. The summed E-state index contributed by atoms with van der Waals surface area (Å²) in [6, 6.07) is 29.0. The Labute approximate surface area is 374 Å². The summed E-state index contributed by atoms with van der Waals surface area (Å²) < 4.78 is 30.4. The van der Waals surface area contributed by atoms with E-state index in [2.05, 4.69) is 72.8 Å². The minimum absolute atomic E-state index is 0.103. The molecule has 2 saturated heterocycles. The van der Waals surface area contributed by atoms with Crippen LogP contribution in [0.1, 0.15) is 64.4 Å². The molecule has 0 spiro atoms. The second kappa shape index (κ2) is 19.8. The van der Waals surface area contributed by atoms with Crippen molar-refractivity contribution in [2.45, 2.75) is 86.7 Å². The molecule has 4 aromatic carbocycles. The highest BCUT2D eigenvalue weighted by atomic mass is 35.5. The Morgan fingerprint density at radius 2 is 1.65 bits per heavy atom. The average molecular weight is 896 g/mol. The minimum atomic E-state index is -4.27. The molecule has 62 heavy (non-hydrogen) atoms. The van der Waals surface area contributed by atoms with E-state index in [1.807, 2.05) is 48.5 Å². The van der Waals surface area contributed by atoms with Crippen molar-refractivity contribution in [3.05, 3.63) is 124 Å². The zero-order valence-electron chi connectivity index (χ0n) is 35.4. The molecule has 3 aliphatic rings. The van der Waals surface area contributed by atoms with Gasteiger partial charge in [0, 0.05) is 90.2 Å². The van der Waals surface area contributed by atoms with Crippen LogP contribution in [0.2, 0.25) is 5.02 Å². The van der Waals surface area contributed by atoms with Crippen LogP contribution in [0.25, 0.3) is 16.5 Å². The number of anilines is 3. The lowest BCUT2D eigenvalue weighted by Crippen LogP contribution is -2.47. The smallest absolute Gasteiger partial charge is 0.293 e. The van der Waals surface area contributed by atoms with Crippen LogP contribution in [-0.2, 0) is 10.0 Å². The molecule has 0 radical (unpaired) electrons. The number of rotatable bonds is 16. The average Bonchev–Trinajstić information content (AvgIpc) is 3.61. The van der Waals surface area contributed by atoms with Gasteiger partial charge in [-0.15, -0.1) is 11.8 Å². The summed E-state index contributed by atoms with van der Waals surface area (Å²) in [4.78, 5) is 29.0. The number of hydrogen-bond acceptors (Lipinski definition) is 11. The molecule has 12 nitrogen and oxygen atoms in total. The summed E-state index contributed by atoms with van der Waals surface area (Å²) in [5.41, 5.74) is 5.85. The van der Waals surface area contributed by atoms with Gasteiger partial charge >= 0.3 is 0 Å². The van der Waals surface area contributed by atoms with Gasteiger partial charge in [0.1, 0.15) is 12.0 Å². The second-order valence-corrected chi connectivity index (χ2v) is 20.0. The molecular weight excluding hydrogens is 840 g/mol. The molecule has 0 amide bonds. The number of nitro benzene ring substituents is 1. The first-order valence-corrected chi connectivity index (χ1v) is 24.6. The molecule has 2 N–H and O–H groups in total. The van der Waals surface area contributed by atoms with E-state index in [9.17, 15) is 18.5 Å². The predicted octanol–water partition coefficient (Wildman–Crippen LogP) is 9.98. The van der Waals surface area contributed by atoms with Gasteiger partial charge in [0.05, 0.1) is 15.3 Å². The maximum absolute atomic E-state index is 13.9. The predicted molar refractivity (Wildman–Crippen MR) is 253 cm³/mol. The molecule has 15 heteroatoms. The van der Waals surface area contributed by atoms with Gasteiger partial charge in [-0.05, 0) is 125 Å². The Balaban J connectivity index is 0.938. The first kappa shape index (κ1) is 43.9. The monoisotopic (exact) mass is 894 g/mol. The maximum atomic E-state index is 13.9. The first-order valence-electron chi connectivity index (χ1n) is 21.7. The van der Waals surface area contributed by atoms with E-state index < -0.39 is 14.9 Å². The third kappa shape index (κ3) is 10.5. The van der Waals surface area contributed by atoms with Crippen LogP contribution in [0.3, 0.4) is 0 Å². The van der Waals surface area contributed by atoms with Gasteiger partial charge in [-0.25, -0.2) is 18.4 Å². The topological polar surface area (TPSA) is 137 Å². The van der Waals surface area contributed by atoms with Crippen molar-refractivity contribution in [2.24, 2.45) is 0 Å². The van der Waals surface area contributed by atoms with E-state index in [1.165, 1.54) is 48.0 Å². The number of likely N-dealkylation sites (tertiary alicyclic amines) is 1. The summed E-state index contributed by atoms with van der Waals surface area (Å²) in [6.45, 7) is 9.89. The van der Waals surface area contributed by atoms with E-state index in [0.29, 0.717) is 28.7 Å². The van der Waals surface area contributed by atoms with Gasteiger partial charge in [-0.1, -0.05) is 47.5 Å². The number of fused-ring (bicyclic) bond motifs is 1. The Hall–Kier alpha value is -4.73. The molecule has 0 bridgehead atoms. The van der Waals surface area contributed by atoms with E-state index in [1.54, 1.807) is 11.8 Å². The molecule has 5 aromatic rings. The van der Waals surface area contributed by atoms with E-state index >= 15 is 0 Å². The number of hydrogen-bond donors (Lipinski definition) is 2. The van der Waals surface area contributed by atoms with E-state index in [0.717, 1.165) is 93.0 Å². The fourth-order valence-corrected chi connectivity index (χ4v) is 11.3. The Kier molecular flexibility index (Phi) is 14.0. The molecule has 1 aromatic heterocycles. The van der Waals surface area contributed by atoms with Crippen molar-refractivity contribution in [1.82, 2.24) is 19.8 Å². The summed E-state index contributed by atoms with van der Waals surface area (Å²) in [5.74, 6) is 0.792. The van der Waals surface area contributed by atoms with Gasteiger partial charge in [-0.2, -0.15) is 0 Å². The van der Waals surface area contributed by atoms with Gasteiger partial charge in [-0.3, -0.25) is 24.6 Å². The lowest BCUT2D eigenvalue weighted by molar-refractivity contribution is -0.384. The third-order valence-corrected chi connectivity index (χ3v) is 15.4. The van der Waals surface area contributed by atoms with Crippen molar-refractivity contribution in [3.8, 4) is 0 Å². The van der Waals surface area contributed by atoms with Crippen LogP contribution in [0.15, 0.2) is 113 Å². The number of nitrogens with one attached hydrogen (secondary N) is 2. The maximum Gasteiger partial charge on any atom is 0.293 e. The highest BCUT2D eigenvalue weighted by Gasteiger charge is 2.29. The normalized spacial score (nSPS) is 19.5. The fourth-order valence-electron chi connectivity index (χ4n) is 9.16. The number of thioether (sulfide) groups is 1. The number of nitro groups is 1. The van der Waals surface area contributed by atoms with Crippen LogP contribution in [0.5, 0.6) is 0 Å². The van der Waals surface area contributed by atoms with E-state index in [-0.39, 0.29) is 28.1 Å². The van der Waals surface area contributed by atoms with E-state index in [4.69, 9.17) is 11.6 Å². The zero-order chi connectivity index (χ0) is 43.2. The Morgan fingerprint density at radius 3 is 2.39 bits per heavy atom. The molecular formula is C47H55ClN8O4S2. The summed E-state index contributed by atoms with van der Waals surface area (Å²) in [5, 5.41) is 17.2. The van der Waals surface area contributed by atoms with Crippen LogP contribution in [0.4, 0.5) is 22.9 Å². The number of aromatic nitrogens is 2. The quantitative estimate of drug-likeness (QED) is 0.0557. The summed E-state index contributed by atoms with van der Waals surface area (Å²) >= 11 is 7.88. The Bertz CT molecular complexity index is 2490. The molecule has 326 valence electrons. The standard InChI is InChI=1S/C47H55ClN8O4S2/c1-33-12-13-34(2)55(33)23-22-38(31-61-40-9-4-3-5-10-40)51-44-21-19-41(29-46(44)56(57)58)62(59,60)52-47-43-20-18-39(28-45(43)49-32-50-47)54-26-24-53(25-27-54)30-36-8-6-7-11-42(36)35-14-16-37(48)17-15-35/h3-5,9-10,14-21,28-29,32-34,38,51H,6-8,11-13,22-27,30-31H2,1-2H3,(H,49,50,52)/t33-,34+,38?. The number of piperazine rings is 1. The minimum Gasteiger partial charge on any atom is -0.376 e. The van der Waals surface area contributed by atoms with Crippen molar-refractivity contribution in [3.63, 3.8) is 0 Å². The molecule has 1 aliphatic carbocycles. The molecule has 3 atom stereocenters. The molecule has 3 heterocycles. The Morgan fingerprint density at radius 1 is 0.903 bits per heavy atom. The lowest BCUT2D eigenvalue weighted by atomic mass is 9.87. The lowest BCUT2D eigenvalue weighted by Gasteiger charge is -2.37. The highest BCUT2D eigenvalue weighted by Crippen LogP contribution is 2.35. The number of allylic oxidation sites excluding steroid dienone is 1. The van der Waals surface area contributed by atoms with Crippen molar-refractivity contribution >= 4 is 72.7 Å². The zero-order valence-corrected chi connectivity index (χ0v) is 37.8. The molecule has 2 fully saturated rings. The third-order valence-electron chi connectivity index (χ3n) is 12.7. The second-order valence-electron chi connectivity index (χ2n) is 16.8. The van der Waals surface area contributed by atoms with Crippen LogP contribution in [-0.4, -0.2) is 96.3 Å². The highest BCUT2D eigenvalue weighted by molar-refractivity contribution is 7.99. The van der Waals surface area contributed by atoms with Crippen molar-refractivity contribution < 1.29 is 13.3 Å². The van der Waals surface area contributed by atoms with Gasteiger partial charge in [0.15, 0.2) is 5.82 Å². The summed E-state index contributed by atoms with van der Waals surface area (Å²) in [6.07, 6.45) is 9.09. The first-order chi connectivity index (χ1) is 30.0. The van der Waals surface area contributed by atoms with Crippen molar-refractivity contribution in [2.75, 3.05) is 60.0 Å². The number of sulfonamides is 1. The van der Waals surface area contributed by atoms with Crippen LogP contribution in [0, 0.1) is 10.1 Å². The molecule has 2 aliphatic heterocycles. The van der Waals surface area contributed by atoms with Crippen molar-refractivity contribution in [1.29, 1.82) is 0 Å². The van der Waals surface area contributed by atoms with Gasteiger partial charge < -0.3 is 10.2 Å². The van der Waals surface area contributed by atoms with Crippen LogP contribution >= 0.6 is 23.4 Å². The summed E-state index contributed by atoms with van der Waals surface area (Å²) in [7, 11) is -4.27. The SMILES string of the molecule is C[C@@H]1CC[C@H](C)N1CCC(CSc1ccccc1)Nc1ccc(S(=O)(=O)Nc2ncnc3cc(N4CCN(CC5=C(c6ccc(Cl)cc6)CCCC5)CC4)ccc23)cc1[N+](=O)[O-]. The van der Waals surface area contributed by atoms with Gasteiger partial charge in [0.25, 0.3) is 15.7 Å². The van der Waals surface area contributed by atoms with Crippen LogP contribution < -0.4 is 14.9 Å². The molecule has 8 rings (SSSR count).